The first-order valence-corrected chi connectivity index (χ1v) is 4.77. The standard InChI is InChI=1S/C11H13N3O/c1-11(2,15)9-5-3-4-6-10(9)14-12-7-8-13-14/h3-8,15H,1-2H3. The Balaban J connectivity index is 2.58. The molecule has 1 heterocycles. The molecule has 0 radical (unpaired) electrons. The van der Waals surface area contributed by atoms with Crippen LogP contribution in [0, 0.1) is 0 Å². The van der Waals surface area contributed by atoms with Crippen molar-refractivity contribution in [2.75, 3.05) is 0 Å². The topological polar surface area (TPSA) is 50.9 Å². The van der Waals surface area contributed by atoms with E-state index in [9.17, 15) is 5.11 Å². The summed E-state index contributed by atoms with van der Waals surface area (Å²) >= 11 is 0. The Bertz CT molecular complexity index is 443. The minimum atomic E-state index is -0.899. The summed E-state index contributed by atoms with van der Waals surface area (Å²) in [5.74, 6) is 0. The molecule has 0 atom stereocenters. The summed E-state index contributed by atoms with van der Waals surface area (Å²) in [6, 6.07) is 7.54. The maximum atomic E-state index is 10.00. The van der Waals surface area contributed by atoms with Crippen molar-refractivity contribution in [3.05, 3.63) is 42.2 Å². The average molecular weight is 203 g/mol. The molecule has 2 aromatic rings. The van der Waals surface area contributed by atoms with Gasteiger partial charge in [0, 0.05) is 5.56 Å². The van der Waals surface area contributed by atoms with E-state index >= 15 is 0 Å². The Morgan fingerprint density at radius 2 is 1.73 bits per heavy atom. The third kappa shape index (κ3) is 1.89. The van der Waals surface area contributed by atoms with Gasteiger partial charge in [0.25, 0.3) is 0 Å². The molecule has 0 unspecified atom stereocenters. The minimum Gasteiger partial charge on any atom is -0.386 e. The van der Waals surface area contributed by atoms with Gasteiger partial charge < -0.3 is 5.11 Å². The number of hydrogen-bond donors (Lipinski definition) is 1. The molecule has 4 nitrogen and oxygen atoms in total. The summed E-state index contributed by atoms with van der Waals surface area (Å²) in [4.78, 5) is 1.51. The highest BCUT2D eigenvalue weighted by Gasteiger charge is 2.20. The van der Waals surface area contributed by atoms with Crippen molar-refractivity contribution in [3.8, 4) is 5.69 Å². The smallest absolute Gasteiger partial charge is 0.0917 e. The zero-order valence-corrected chi connectivity index (χ0v) is 8.75. The largest absolute Gasteiger partial charge is 0.386 e. The predicted molar refractivity (Wildman–Crippen MR) is 56.6 cm³/mol. The summed E-state index contributed by atoms with van der Waals surface area (Å²) in [5, 5.41) is 18.1. The summed E-state index contributed by atoms with van der Waals surface area (Å²) in [5.41, 5.74) is 0.709. The Labute approximate surface area is 88.2 Å². The molecule has 0 aliphatic carbocycles. The van der Waals surface area contributed by atoms with Crippen LogP contribution in [0.1, 0.15) is 19.4 Å². The van der Waals surface area contributed by atoms with E-state index in [-0.39, 0.29) is 0 Å². The molecule has 1 aromatic heterocycles. The van der Waals surface area contributed by atoms with E-state index in [2.05, 4.69) is 10.2 Å². The molecule has 0 bridgehead atoms. The van der Waals surface area contributed by atoms with E-state index in [1.807, 2.05) is 24.3 Å². The molecule has 0 saturated heterocycles. The molecule has 0 spiro atoms. The highest BCUT2D eigenvalue weighted by Crippen LogP contribution is 2.25. The number of benzene rings is 1. The van der Waals surface area contributed by atoms with Gasteiger partial charge in [0.05, 0.1) is 23.7 Å². The van der Waals surface area contributed by atoms with Crippen molar-refractivity contribution < 1.29 is 5.11 Å². The van der Waals surface area contributed by atoms with E-state index in [0.717, 1.165) is 11.3 Å². The van der Waals surface area contributed by atoms with Crippen LogP contribution in [0.15, 0.2) is 36.7 Å². The molecule has 0 saturated carbocycles. The molecule has 1 N–H and O–H groups in total. The van der Waals surface area contributed by atoms with Crippen molar-refractivity contribution in [2.45, 2.75) is 19.4 Å². The zero-order valence-electron chi connectivity index (χ0n) is 8.75. The third-order valence-electron chi connectivity index (χ3n) is 2.20. The maximum absolute atomic E-state index is 10.00. The van der Waals surface area contributed by atoms with E-state index in [4.69, 9.17) is 0 Å². The van der Waals surface area contributed by atoms with E-state index < -0.39 is 5.60 Å². The Hall–Kier alpha value is -1.68. The summed E-state index contributed by atoms with van der Waals surface area (Å²) in [6.45, 7) is 3.49. The van der Waals surface area contributed by atoms with E-state index in [1.165, 1.54) is 4.80 Å². The fraction of sp³-hybridized carbons (Fsp3) is 0.273. The number of aliphatic hydroxyl groups is 1. The fourth-order valence-electron chi connectivity index (χ4n) is 1.51. The number of aromatic nitrogens is 3. The normalized spacial score (nSPS) is 11.7. The second-order valence-electron chi connectivity index (χ2n) is 3.89. The van der Waals surface area contributed by atoms with Crippen LogP contribution < -0.4 is 0 Å². The van der Waals surface area contributed by atoms with Gasteiger partial charge in [0.1, 0.15) is 0 Å². The van der Waals surface area contributed by atoms with Gasteiger partial charge >= 0.3 is 0 Å². The number of para-hydroxylation sites is 1. The predicted octanol–water partition coefficient (Wildman–Crippen LogP) is 1.49. The molecule has 78 valence electrons. The molecule has 0 fully saturated rings. The van der Waals surface area contributed by atoms with Crippen molar-refractivity contribution in [1.29, 1.82) is 0 Å². The number of rotatable bonds is 2. The van der Waals surface area contributed by atoms with Gasteiger partial charge in [-0.2, -0.15) is 15.0 Å². The van der Waals surface area contributed by atoms with Crippen LogP contribution in [0.2, 0.25) is 0 Å². The van der Waals surface area contributed by atoms with Crippen LogP contribution in [0.3, 0.4) is 0 Å². The first-order chi connectivity index (χ1) is 7.09. The van der Waals surface area contributed by atoms with Crippen molar-refractivity contribution in [2.24, 2.45) is 0 Å². The molecule has 15 heavy (non-hydrogen) atoms. The van der Waals surface area contributed by atoms with Gasteiger partial charge in [-0.25, -0.2) is 0 Å². The second kappa shape index (κ2) is 3.47. The van der Waals surface area contributed by atoms with Gasteiger partial charge in [-0.3, -0.25) is 0 Å². The van der Waals surface area contributed by atoms with Crippen molar-refractivity contribution >= 4 is 0 Å². The first-order valence-electron chi connectivity index (χ1n) is 4.77. The van der Waals surface area contributed by atoms with Crippen LogP contribution in [-0.4, -0.2) is 20.1 Å². The molecule has 2 rings (SSSR count). The Morgan fingerprint density at radius 1 is 1.13 bits per heavy atom. The number of nitrogens with zero attached hydrogens (tertiary/aromatic N) is 3. The van der Waals surface area contributed by atoms with Crippen LogP contribution in [-0.2, 0) is 5.60 Å². The van der Waals surface area contributed by atoms with Gasteiger partial charge in [-0.05, 0) is 19.9 Å². The van der Waals surface area contributed by atoms with E-state index in [0.29, 0.717) is 0 Å². The Kier molecular flexibility index (Phi) is 2.28. The van der Waals surface area contributed by atoms with Crippen LogP contribution in [0.5, 0.6) is 0 Å². The molecule has 0 aliphatic heterocycles. The zero-order chi connectivity index (χ0) is 10.9. The third-order valence-corrected chi connectivity index (χ3v) is 2.20. The van der Waals surface area contributed by atoms with E-state index in [1.54, 1.807) is 26.2 Å². The lowest BCUT2D eigenvalue weighted by Gasteiger charge is -2.20. The SMILES string of the molecule is CC(C)(O)c1ccccc1-n1nccn1. The fourth-order valence-corrected chi connectivity index (χ4v) is 1.51. The van der Waals surface area contributed by atoms with Gasteiger partial charge in [-0.1, -0.05) is 18.2 Å². The Morgan fingerprint density at radius 3 is 2.33 bits per heavy atom. The molecular formula is C11H13N3O. The molecule has 4 heteroatoms. The first kappa shape index (κ1) is 9.86. The molecule has 0 amide bonds. The minimum absolute atomic E-state index is 0.801. The quantitative estimate of drug-likeness (QED) is 0.804. The average Bonchev–Trinajstić information content (AvgIpc) is 2.69. The van der Waals surface area contributed by atoms with Gasteiger partial charge in [0.2, 0.25) is 0 Å². The van der Waals surface area contributed by atoms with Gasteiger partial charge in [-0.15, -0.1) is 0 Å². The lowest BCUT2D eigenvalue weighted by molar-refractivity contribution is 0.0783. The molecule has 0 aliphatic rings. The summed E-state index contributed by atoms with van der Waals surface area (Å²) < 4.78 is 0. The number of hydrogen-bond acceptors (Lipinski definition) is 3. The van der Waals surface area contributed by atoms with Crippen LogP contribution >= 0.6 is 0 Å². The highest BCUT2D eigenvalue weighted by molar-refractivity contribution is 5.42. The lowest BCUT2D eigenvalue weighted by atomic mass is 9.97. The monoisotopic (exact) mass is 203 g/mol. The molecule has 1 aromatic carbocycles. The maximum Gasteiger partial charge on any atom is 0.0917 e. The van der Waals surface area contributed by atoms with Crippen molar-refractivity contribution in [1.82, 2.24) is 15.0 Å². The summed E-state index contributed by atoms with van der Waals surface area (Å²) in [7, 11) is 0. The van der Waals surface area contributed by atoms with Crippen LogP contribution in [0.4, 0.5) is 0 Å². The van der Waals surface area contributed by atoms with Gasteiger partial charge in [0.15, 0.2) is 0 Å². The lowest BCUT2D eigenvalue weighted by Crippen LogP contribution is -2.19. The van der Waals surface area contributed by atoms with Crippen molar-refractivity contribution in [3.63, 3.8) is 0 Å². The second-order valence-corrected chi connectivity index (χ2v) is 3.89. The highest BCUT2D eigenvalue weighted by atomic mass is 16.3. The summed E-state index contributed by atoms with van der Waals surface area (Å²) in [6.07, 6.45) is 3.22. The molecular weight excluding hydrogens is 190 g/mol. The van der Waals surface area contributed by atoms with Crippen LogP contribution in [0.25, 0.3) is 5.69 Å².